The number of carbonyl (C=O) groups excluding carboxylic acids is 1. The first-order valence-electron chi connectivity index (χ1n) is 14.3. The van der Waals surface area contributed by atoms with Crippen molar-refractivity contribution in [3.8, 4) is 34.0 Å². The van der Waals surface area contributed by atoms with Gasteiger partial charge in [0.05, 0.1) is 45.9 Å². The van der Waals surface area contributed by atoms with E-state index in [1.54, 1.807) is 48.5 Å². The summed E-state index contributed by atoms with van der Waals surface area (Å²) in [6.07, 6.45) is 7.14. The number of fused-ring (bicyclic) bond motifs is 2. The van der Waals surface area contributed by atoms with E-state index in [1.807, 2.05) is 0 Å². The fourth-order valence-corrected chi connectivity index (χ4v) is 5.88. The molecular formula is C33H24F2N8O3S. The number of hydrogen-bond acceptors (Lipinski definition) is 8. The molecule has 0 spiro atoms. The van der Waals surface area contributed by atoms with Crippen molar-refractivity contribution >= 4 is 43.4 Å². The van der Waals surface area contributed by atoms with Gasteiger partial charge in [-0.25, -0.2) is 22.2 Å². The number of anilines is 1. The van der Waals surface area contributed by atoms with E-state index < -0.39 is 21.5 Å². The Balaban J connectivity index is 1.25. The zero-order valence-electron chi connectivity index (χ0n) is 24.6. The molecule has 11 nitrogen and oxygen atoms in total. The average Bonchev–Trinajstić information content (AvgIpc) is 3.69. The first-order valence-corrected chi connectivity index (χ1v) is 16.4. The minimum atomic E-state index is -3.25. The number of benzene rings is 2. The number of aryl methyl sites for hydroxylation is 1. The van der Waals surface area contributed by atoms with Gasteiger partial charge in [0, 0.05) is 35.3 Å². The third kappa shape index (κ3) is 6.05. The van der Waals surface area contributed by atoms with Gasteiger partial charge in [0.2, 0.25) is 0 Å². The minimum absolute atomic E-state index is 0.0108. The van der Waals surface area contributed by atoms with Crippen LogP contribution in [0.5, 0.6) is 0 Å². The van der Waals surface area contributed by atoms with Gasteiger partial charge < -0.3 is 10.3 Å². The van der Waals surface area contributed by atoms with Crippen LogP contribution in [0.4, 0.5) is 14.5 Å². The lowest BCUT2D eigenvalue weighted by atomic mass is 10.0. The smallest absolute Gasteiger partial charge is 0.255 e. The number of halogens is 2. The average molecular weight is 651 g/mol. The number of rotatable bonds is 8. The highest BCUT2D eigenvalue weighted by molar-refractivity contribution is 7.90. The van der Waals surface area contributed by atoms with E-state index in [0.717, 1.165) is 6.26 Å². The Kier molecular flexibility index (Phi) is 7.48. The molecule has 0 unspecified atom stereocenters. The Bertz CT molecular complexity index is 2430. The number of hydrogen-bond donors (Lipinski definition) is 3. The maximum Gasteiger partial charge on any atom is 0.255 e. The zero-order chi connectivity index (χ0) is 32.7. The van der Waals surface area contributed by atoms with Crippen molar-refractivity contribution in [3.63, 3.8) is 0 Å². The number of amides is 1. The predicted octanol–water partition coefficient (Wildman–Crippen LogP) is 5.74. The van der Waals surface area contributed by atoms with E-state index in [9.17, 15) is 17.6 Å². The van der Waals surface area contributed by atoms with Crippen molar-refractivity contribution in [2.45, 2.75) is 6.42 Å². The van der Waals surface area contributed by atoms with E-state index in [1.165, 1.54) is 36.9 Å². The van der Waals surface area contributed by atoms with Gasteiger partial charge in [0.15, 0.2) is 11.6 Å². The molecule has 0 fully saturated rings. The van der Waals surface area contributed by atoms with Gasteiger partial charge in [-0.05, 0) is 54.4 Å². The van der Waals surface area contributed by atoms with Crippen LogP contribution in [0.25, 0.3) is 56.0 Å². The molecule has 234 valence electrons. The number of H-pyrrole nitrogens is 2. The molecule has 47 heavy (non-hydrogen) atoms. The van der Waals surface area contributed by atoms with Gasteiger partial charge in [-0.15, -0.1) is 0 Å². The number of imidazole rings is 1. The Morgan fingerprint density at radius 2 is 1.72 bits per heavy atom. The zero-order valence-corrected chi connectivity index (χ0v) is 25.4. The third-order valence-electron chi connectivity index (χ3n) is 7.47. The van der Waals surface area contributed by atoms with Crippen molar-refractivity contribution in [3.05, 3.63) is 108 Å². The summed E-state index contributed by atoms with van der Waals surface area (Å²) >= 11 is 0. The molecule has 7 rings (SSSR count). The van der Waals surface area contributed by atoms with Crippen molar-refractivity contribution in [1.29, 1.82) is 0 Å². The quantitative estimate of drug-likeness (QED) is 0.188. The van der Waals surface area contributed by atoms with Crippen LogP contribution in [0.2, 0.25) is 0 Å². The second kappa shape index (κ2) is 11.8. The summed E-state index contributed by atoms with van der Waals surface area (Å²) in [4.78, 5) is 33.4. The molecule has 0 saturated heterocycles. The van der Waals surface area contributed by atoms with Gasteiger partial charge in [0.1, 0.15) is 32.6 Å². The summed E-state index contributed by atoms with van der Waals surface area (Å²) in [5, 5.41) is 10.0. The predicted molar refractivity (Wildman–Crippen MR) is 173 cm³/mol. The molecule has 0 radical (unpaired) electrons. The molecule has 2 aromatic carbocycles. The molecule has 0 atom stereocenters. The molecule has 0 aliphatic carbocycles. The monoisotopic (exact) mass is 650 g/mol. The second-order valence-corrected chi connectivity index (χ2v) is 13.2. The standard InChI is InChI=1S/C33H24F2N8O3S/c1-47(45,46)10-8-18-11-20(13-22(34)12-18)29-30-24(7-9-37-29)40-32(41-30)31-26-25(42-43-31)17-38-28(27(26)35)21-14-23(16-36-15-21)39-33(44)19-5-3-2-4-6-19/h2-7,9,11-17H,8,10H2,1H3,(H,39,44)(H,40,41)(H,42,43). The lowest BCUT2D eigenvalue weighted by Crippen LogP contribution is -2.11. The molecule has 5 heterocycles. The lowest BCUT2D eigenvalue weighted by Gasteiger charge is -2.08. The first kappa shape index (κ1) is 29.8. The van der Waals surface area contributed by atoms with Gasteiger partial charge >= 0.3 is 0 Å². The molecule has 5 aromatic heterocycles. The molecule has 0 bridgehead atoms. The van der Waals surface area contributed by atoms with Crippen molar-refractivity contribution in [1.82, 2.24) is 35.1 Å². The summed E-state index contributed by atoms with van der Waals surface area (Å²) in [5.41, 5.74) is 3.84. The van der Waals surface area contributed by atoms with Gasteiger partial charge in [-0.1, -0.05) is 18.2 Å². The normalized spacial score (nSPS) is 11.7. The largest absolute Gasteiger partial charge is 0.336 e. The highest BCUT2D eigenvalue weighted by atomic mass is 32.2. The van der Waals surface area contributed by atoms with Crippen LogP contribution in [-0.4, -0.2) is 61.5 Å². The van der Waals surface area contributed by atoms with E-state index in [0.29, 0.717) is 50.2 Å². The number of nitrogens with zero attached hydrogens (tertiary/aromatic N) is 5. The topological polar surface area (TPSA) is 159 Å². The summed E-state index contributed by atoms with van der Waals surface area (Å²) in [7, 11) is -3.25. The summed E-state index contributed by atoms with van der Waals surface area (Å²) in [6.45, 7) is 0. The van der Waals surface area contributed by atoms with Gasteiger partial charge in [0.25, 0.3) is 5.91 Å². The fraction of sp³-hybridized carbons (Fsp3) is 0.0909. The summed E-state index contributed by atoms with van der Waals surface area (Å²) in [6, 6.07) is 16.2. The van der Waals surface area contributed by atoms with Crippen LogP contribution in [0, 0.1) is 11.6 Å². The van der Waals surface area contributed by atoms with Crippen molar-refractivity contribution in [2.75, 3.05) is 17.3 Å². The Morgan fingerprint density at radius 3 is 2.53 bits per heavy atom. The van der Waals surface area contributed by atoms with Crippen molar-refractivity contribution < 1.29 is 22.0 Å². The second-order valence-electron chi connectivity index (χ2n) is 10.9. The molecule has 0 saturated carbocycles. The maximum absolute atomic E-state index is 16.3. The van der Waals surface area contributed by atoms with E-state index in [2.05, 4.69) is 40.4 Å². The van der Waals surface area contributed by atoms with E-state index >= 15 is 4.39 Å². The number of nitrogens with one attached hydrogen (secondary N) is 3. The molecule has 7 aromatic rings. The van der Waals surface area contributed by atoms with Crippen LogP contribution in [0.15, 0.2) is 85.5 Å². The maximum atomic E-state index is 16.3. The summed E-state index contributed by atoms with van der Waals surface area (Å²) in [5.74, 6) is -1.46. The van der Waals surface area contributed by atoms with Crippen LogP contribution in [-0.2, 0) is 16.3 Å². The van der Waals surface area contributed by atoms with Crippen LogP contribution in [0.1, 0.15) is 15.9 Å². The molecular weight excluding hydrogens is 626 g/mol. The van der Waals surface area contributed by atoms with Gasteiger partial charge in [-0.3, -0.25) is 24.8 Å². The van der Waals surface area contributed by atoms with Crippen LogP contribution >= 0.6 is 0 Å². The first-order chi connectivity index (χ1) is 22.6. The van der Waals surface area contributed by atoms with Crippen molar-refractivity contribution in [2.24, 2.45) is 0 Å². The SMILES string of the molecule is CS(=O)(=O)CCc1cc(F)cc(-c2nccc3[nH]c(-c4n[nH]c5cnc(-c6cncc(NC(=O)c7ccccc7)c6)c(F)c45)nc23)c1. The molecule has 0 aliphatic rings. The number of aromatic amines is 2. The Morgan fingerprint density at radius 1 is 0.894 bits per heavy atom. The van der Waals surface area contributed by atoms with E-state index in [4.69, 9.17) is 0 Å². The number of carbonyl (C=O) groups is 1. The summed E-state index contributed by atoms with van der Waals surface area (Å²) < 4.78 is 54.2. The number of aromatic nitrogens is 7. The van der Waals surface area contributed by atoms with Gasteiger partial charge in [-0.2, -0.15) is 5.10 Å². The Labute approximate surface area is 266 Å². The highest BCUT2D eigenvalue weighted by Crippen LogP contribution is 2.34. The fourth-order valence-electron chi connectivity index (χ4n) is 5.27. The third-order valence-corrected chi connectivity index (χ3v) is 8.41. The highest BCUT2D eigenvalue weighted by Gasteiger charge is 2.22. The Hall–Kier alpha value is -5.89. The molecule has 0 aliphatic heterocycles. The molecule has 3 N–H and O–H groups in total. The lowest BCUT2D eigenvalue weighted by molar-refractivity contribution is 0.102. The van der Waals surface area contributed by atoms with Crippen LogP contribution in [0.3, 0.4) is 0 Å². The minimum Gasteiger partial charge on any atom is -0.336 e. The molecule has 1 amide bonds. The van der Waals surface area contributed by atoms with E-state index in [-0.39, 0.29) is 40.7 Å². The molecule has 14 heteroatoms. The number of pyridine rings is 3. The van der Waals surface area contributed by atoms with Crippen LogP contribution < -0.4 is 5.32 Å². The number of sulfone groups is 1.